The molecule has 0 atom stereocenters. The van der Waals surface area contributed by atoms with Crippen LogP contribution in [-0.2, 0) is 10.2 Å². The van der Waals surface area contributed by atoms with E-state index in [9.17, 15) is 9.59 Å². The molecule has 0 amide bonds. The molecule has 3 heteroatoms. The van der Waals surface area contributed by atoms with E-state index in [1.165, 1.54) is 0 Å². The van der Waals surface area contributed by atoms with Gasteiger partial charge in [0.1, 0.15) is 6.29 Å². The summed E-state index contributed by atoms with van der Waals surface area (Å²) in [4.78, 5) is 25.9. The Morgan fingerprint density at radius 1 is 1.08 bits per heavy atom. The van der Waals surface area contributed by atoms with Gasteiger partial charge in [0, 0.05) is 34.5 Å². The van der Waals surface area contributed by atoms with Gasteiger partial charge < -0.3 is 4.90 Å². The van der Waals surface area contributed by atoms with Crippen molar-refractivity contribution in [3.63, 3.8) is 0 Å². The molecule has 3 rings (SSSR count). The van der Waals surface area contributed by atoms with E-state index in [-0.39, 0.29) is 11.2 Å². The van der Waals surface area contributed by atoms with Crippen LogP contribution >= 0.6 is 0 Å². The monoisotopic (exact) mass is 319 g/mol. The second kappa shape index (κ2) is 6.08. The lowest BCUT2D eigenvalue weighted by atomic mass is 9.82. The number of carbonyl (C=O) groups excluding carboxylic acids is 2. The maximum atomic E-state index is 12.7. The van der Waals surface area contributed by atoms with Gasteiger partial charge in [-0.1, -0.05) is 44.2 Å². The summed E-state index contributed by atoms with van der Waals surface area (Å²) in [5.74, 6) is 0.0186. The van der Waals surface area contributed by atoms with Gasteiger partial charge in [0.2, 0.25) is 0 Å². The highest BCUT2D eigenvalue weighted by Gasteiger charge is 2.39. The molecule has 0 saturated carbocycles. The summed E-state index contributed by atoms with van der Waals surface area (Å²) >= 11 is 0. The second-order valence-electron chi connectivity index (χ2n) is 6.48. The Labute approximate surface area is 142 Å². The van der Waals surface area contributed by atoms with Gasteiger partial charge in [-0.05, 0) is 36.8 Å². The second-order valence-corrected chi connectivity index (χ2v) is 6.48. The summed E-state index contributed by atoms with van der Waals surface area (Å²) in [6, 6.07) is 15.1. The van der Waals surface area contributed by atoms with Crippen LogP contribution in [0.1, 0.15) is 42.3 Å². The summed E-state index contributed by atoms with van der Waals surface area (Å²) in [6.07, 6.45) is 2.46. The van der Waals surface area contributed by atoms with Gasteiger partial charge in [-0.25, -0.2) is 0 Å². The molecule has 0 radical (unpaired) electrons. The van der Waals surface area contributed by atoms with E-state index in [0.29, 0.717) is 11.1 Å². The van der Waals surface area contributed by atoms with Crippen LogP contribution in [0.4, 0.5) is 5.69 Å². The van der Waals surface area contributed by atoms with Crippen LogP contribution in [-0.4, -0.2) is 18.6 Å². The molecular formula is C21H21NO2. The van der Waals surface area contributed by atoms with Gasteiger partial charge in [-0.2, -0.15) is 0 Å². The SMILES string of the molecule is CCN1C(=CC=O)C(C)(C)c2cc(C(=O)c3ccccc3)ccc21. The average Bonchev–Trinajstić information content (AvgIpc) is 2.82. The number of fused-ring (bicyclic) bond motifs is 1. The quantitative estimate of drug-likeness (QED) is 0.483. The zero-order valence-electron chi connectivity index (χ0n) is 14.2. The molecule has 0 unspecified atom stereocenters. The average molecular weight is 319 g/mol. The lowest BCUT2D eigenvalue weighted by Gasteiger charge is -2.25. The van der Waals surface area contributed by atoms with Crippen molar-refractivity contribution in [2.45, 2.75) is 26.2 Å². The Kier molecular flexibility index (Phi) is 4.10. The molecule has 0 spiro atoms. The minimum absolute atomic E-state index is 0.0186. The lowest BCUT2D eigenvalue weighted by Crippen LogP contribution is -2.26. The largest absolute Gasteiger partial charge is 0.344 e. The summed E-state index contributed by atoms with van der Waals surface area (Å²) in [6.45, 7) is 7.02. The first-order chi connectivity index (χ1) is 11.5. The highest BCUT2D eigenvalue weighted by Crippen LogP contribution is 2.47. The fraction of sp³-hybridized carbons (Fsp3) is 0.238. The number of hydrogen-bond donors (Lipinski definition) is 0. The zero-order chi connectivity index (χ0) is 17.3. The molecule has 1 aliphatic rings. The van der Waals surface area contributed by atoms with E-state index in [2.05, 4.69) is 25.7 Å². The minimum Gasteiger partial charge on any atom is -0.344 e. The van der Waals surface area contributed by atoms with E-state index < -0.39 is 0 Å². The summed E-state index contributed by atoms with van der Waals surface area (Å²) in [5.41, 5.74) is 4.18. The van der Waals surface area contributed by atoms with E-state index in [1.54, 1.807) is 6.08 Å². The number of nitrogens with zero attached hydrogens (tertiary/aromatic N) is 1. The Hall–Kier alpha value is -2.68. The molecule has 24 heavy (non-hydrogen) atoms. The van der Waals surface area contributed by atoms with Crippen molar-refractivity contribution in [2.75, 3.05) is 11.4 Å². The van der Waals surface area contributed by atoms with Crippen molar-refractivity contribution in [2.24, 2.45) is 0 Å². The minimum atomic E-state index is -0.306. The van der Waals surface area contributed by atoms with Gasteiger partial charge in [-0.15, -0.1) is 0 Å². The van der Waals surface area contributed by atoms with Crippen LogP contribution in [0.2, 0.25) is 0 Å². The highest BCUT2D eigenvalue weighted by atomic mass is 16.1. The first-order valence-corrected chi connectivity index (χ1v) is 8.18. The Morgan fingerprint density at radius 3 is 2.42 bits per heavy atom. The summed E-state index contributed by atoms with van der Waals surface area (Å²) in [5, 5.41) is 0. The predicted octanol–water partition coefficient (Wildman–Crippen LogP) is 4.12. The zero-order valence-corrected chi connectivity index (χ0v) is 14.2. The van der Waals surface area contributed by atoms with Crippen LogP contribution in [0.25, 0.3) is 0 Å². The van der Waals surface area contributed by atoms with Crippen LogP contribution in [0.3, 0.4) is 0 Å². The Morgan fingerprint density at radius 2 is 1.79 bits per heavy atom. The molecule has 0 aromatic heterocycles. The molecule has 0 aliphatic carbocycles. The Bertz CT molecular complexity index is 819. The number of benzene rings is 2. The molecule has 0 N–H and O–H groups in total. The number of rotatable bonds is 4. The van der Waals surface area contributed by atoms with Crippen molar-refractivity contribution >= 4 is 17.8 Å². The molecule has 1 aliphatic heterocycles. The van der Waals surface area contributed by atoms with Crippen LogP contribution in [0.5, 0.6) is 0 Å². The Balaban J connectivity index is 2.10. The van der Waals surface area contributed by atoms with Crippen molar-refractivity contribution < 1.29 is 9.59 Å². The summed E-state index contributed by atoms with van der Waals surface area (Å²) < 4.78 is 0. The number of aldehydes is 1. The van der Waals surface area contributed by atoms with Crippen molar-refractivity contribution in [3.8, 4) is 0 Å². The standard InChI is InChI=1S/C21H21NO2/c1-4-22-18-11-10-16(20(24)15-8-6-5-7-9-15)14-17(18)21(2,3)19(22)12-13-23/h5-14H,4H2,1-3H3. The summed E-state index contributed by atoms with van der Waals surface area (Å²) in [7, 11) is 0. The van der Waals surface area contributed by atoms with Gasteiger partial charge in [0.25, 0.3) is 0 Å². The van der Waals surface area contributed by atoms with Gasteiger partial charge in [0.15, 0.2) is 5.78 Å². The first-order valence-electron chi connectivity index (χ1n) is 8.18. The van der Waals surface area contributed by atoms with Crippen LogP contribution < -0.4 is 4.90 Å². The van der Waals surface area contributed by atoms with Gasteiger partial charge in [-0.3, -0.25) is 9.59 Å². The highest BCUT2D eigenvalue weighted by molar-refractivity contribution is 6.09. The molecular weight excluding hydrogens is 298 g/mol. The number of hydrogen-bond acceptors (Lipinski definition) is 3. The topological polar surface area (TPSA) is 37.4 Å². The molecule has 2 aromatic rings. The molecule has 2 aromatic carbocycles. The van der Waals surface area contributed by atoms with Crippen LogP contribution in [0.15, 0.2) is 60.3 Å². The predicted molar refractivity (Wildman–Crippen MR) is 96.5 cm³/mol. The number of anilines is 1. The smallest absolute Gasteiger partial charge is 0.193 e. The first kappa shape index (κ1) is 16.2. The normalized spacial score (nSPS) is 17.0. The van der Waals surface area contributed by atoms with Crippen molar-refractivity contribution in [3.05, 3.63) is 77.0 Å². The van der Waals surface area contributed by atoms with Gasteiger partial charge in [0.05, 0.1) is 0 Å². The third-order valence-electron chi connectivity index (χ3n) is 4.73. The fourth-order valence-corrected chi connectivity index (χ4v) is 3.48. The van der Waals surface area contributed by atoms with E-state index in [4.69, 9.17) is 0 Å². The molecule has 0 fully saturated rings. The van der Waals surface area contributed by atoms with Crippen LogP contribution in [0, 0.1) is 0 Å². The number of carbonyl (C=O) groups is 2. The number of allylic oxidation sites excluding steroid dienone is 2. The third kappa shape index (κ3) is 2.46. The van der Waals surface area contributed by atoms with Crippen molar-refractivity contribution in [1.82, 2.24) is 0 Å². The maximum absolute atomic E-state index is 12.7. The molecule has 0 saturated heterocycles. The maximum Gasteiger partial charge on any atom is 0.193 e. The fourth-order valence-electron chi connectivity index (χ4n) is 3.48. The van der Waals surface area contributed by atoms with E-state index in [1.807, 2.05) is 48.5 Å². The molecule has 1 heterocycles. The molecule has 3 nitrogen and oxygen atoms in total. The number of likely N-dealkylation sites (N-methyl/N-ethyl adjacent to an activating group) is 1. The lowest BCUT2D eigenvalue weighted by molar-refractivity contribution is -0.104. The molecule has 122 valence electrons. The third-order valence-corrected chi connectivity index (χ3v) is 4.73. The number of ketones is 1. The van der Waals surface area contributed by atoms with Crippen molar-refractivity contribution in [1.29, 1.82) is 0 Å². The van der Waals surface area contributed by atoms with E-state index in [0.717, 1.165) is 29.8 Å². The molecule has 0 bridgehead atoms. The van der Waals surface area contributed by atoms with E-state index >= 15 is 0 Å². The van der Waals surface area contributed by atoms with Gasteiger partial charge >= 0.3 is 0 Å².